The summed E-state index contributed by atoms with van der Waals surface area (Å²) in [4.78, 5) is 31.8. The van der Waals surface area contributed by atoms with E-state index in [0.717, 1.165) is 24.8 Å². The Hall–Kier alpha value is -3.52. The van der Waals surface area contributed by atoms with Gasteiger partial charge in [-0.2, -0.15) is 18.4 Å². The van der Waals surface area contributed by atoms with E-state index >= 15 is 0 Å². The number of alkyl halides is 3. The van der Waals surface area contributed by atoms with Crippen molar-refractivity contribution >= 4 is 40.3 Å². The number of nitrogens with zero attached hydrogens (tertiary/aromatic N) is 4. The molecule has 198 valence electrons. The minimum absolute atomic E-state index is 0.00911. The van der Waals surface area contributed by atoms with Gasteiger partial charge < -0.3 is 14.8 Å². The van der Waals surface area contributed by atoms with Crippen LogP contribution < -0.4 is 5.32 Å². The van der Waals surface area contributed by atoms with Crippen LogP contribution in [0.25, 0.3) is 11.0 Å². The summed E-state index contributed by atoms with van der Waals surface area (Å²) in [7, 11) is 1.65. The van der Waals surface area contributed by atoms with Gasteiger partial charge in [0.15, 0.2) is 0 Å². The molecule has 2 saturated heterocycles. The van der Waals surface area contributed by atoms with Crippen molar-refractivity contribution < 1.29 is 22.8 Å². The van der Waals surface area contributed by atoms with Crippen molar-refractivity contribution in [3.63, 3.8) is 0 Å². The highest BCUT2D eigenvalue weighted by atomic mass is 32.2. The number of halogens is 3. The molecule has 11 heteroatoms. The zero-order valence-electron chi connectivity index (χ0n) is 20.7. The molecule has 1 N–H and O–H groups in total. The van der Waals surface area contributed by atoms with E-state index in [1.54, 1.807) is 29.6 Å². The van der Waals surface area contributed by atoms with Crippen LogP contribution in [0.15, 0.2) is 36.7 Å². The number of pyridine rings is 1. The molecule has 0 saturated carbocycles. The van der Waals surface area contributed by atoms with Crippen molar-refractivity contribution in [1.29, 1.82) is 5.26 Å². The Bertz CT molecular complexity index is 1430. The lowest BCUT2D eigenvalue weighted by atomic mass is 9.88. The number of benzene rings is 1. The monoisotopic (exact) mass is 541 g/mol. The molecular formula is C27H26F3N5O2S. The number of aromatic nitrogens is 2. The molecule has 0 bridgehead atoms. The summed E-state index contributed by atoms with van der Waals surface area (Å²) < 4.78 is 45.3. The summed E-state index contributed by atoms with van der Waals surface area (Å²) in [5.74, 6) is 0.175. The van der Waals surface area contributed by atoms with Gasteiger partial charge in [-0.05, 0) is 61.1 Å². The summed E-state index contributed by atoms with van der Waals surface area (Å²) in [6, 6.07) is 7.68. The number of nitriles is 1. The van der Waals surface area contributed by atoms with E-state index in [0.29, 0.717) is 31.5 Å². The number of rotatable bonds is 4. The van der Waals surface area contributed by atoms with Crippen LogP contribution in [0.5, 0.6) is 0 Å². The van der Waals surface area contributed by atoms with Gasteiger partial charge in [-0.3, -0.25) is 9.59 Å². The Balaban J connectivity index is 1.47. The van der Waals surface area contributed by atoms with E-state index in [4.69, 9.17) is 5.26 Å². The molecule has 0 spiro atoms. The van der Waals surface area contributed by atoms with Gasteiger partial charge in [0.1, 0.15) is 5.65 Å². The highest BCUT2D eigenvalue weighted by molar-refractivity contribution is 8.00. The standard InChI is InChI=1S/C27H26F3N5O2S/c1-34-15-19(17-7-9-35(10-8-17)26(37)21-6-3-11-38-21)22-23(27(28,29)30)20(14-32-24(22)34)33-25(36)18-5-2-4-16(12-18)13-31/h2,4-5,12,14-15,17,21H,3,6-11H2,1H3,(H,33,36). The maximum absolute atomic E-state index is 14.6. The summed E-state index contributed by atoms with van der Waals surface area (Å²) in [5, 5.41) is 11.4. The van der Waals surface area contributed by atoms with Crippen LogP contribution in [0.1, 0.15) is 58.6 Å². The van der Waals surface area contributed by atoms with Gasteiger partial charge in [-0.25, -0.2) is 4.98 Å². The molecule has 2 aromatic heterocycles. The molecule has 5 rings (SSSR count). The fourth-order valence-electron chi connectivity index (χ4n) is 5.39. The van der Waals surface area contributed by atoms with Crippen LogP contribution in [-0.2, 0) is 18.0 Å². The molecule has 3 aromatic rings. The van der Waals surface area contributed by atoms with Crippen molar-refractivity contribution in [2.75, 3.05) is 24.2 Å². The Kier molecular flexibility index (Phi) is 7.09. The zero-order chi connectivity index (χ0) is 27.0. The Labute approximate surface area is 222 Å². The number of amides is 2. The minimum Gasteiger partial charge on any atom is -0.342 e. The number of fused-ring (bicyclic) bond motifs is 1. The maximum atomic E-state index is 14.6. The molecule has 38 heavy (non-hydrogen) atoms. The Morgan fingerprint density at radius 2 is 1.97 bits per heavy atom. The number of aryl methyl sites for hydroxylation is 1. The van der Waals surface area contributed by atoms with Crippen LogP contribution in [0.4, 0.5) is 18.9 Å². The van der Waals surface area contributed by atoms with Crippen molar-refractivity contribution in [3.8, 4) is 6.07 Å². The molecule has 2 amide bonds. The lowest BCUT2D eigenvalue weighted by Crippen LogP contribution is -2.42. The molecular weight excluding hydrogens is 515 g/mol. The van der Waals surface area contributed by atoms with E-state index in [1.165, 1.54) is 24.3 Å². The van der Waals surface area contributed by atoms with Gasteiger partial charge in [0.25, 0.3) is 5.91 Å². The third-order valence-electron chi connectivity index (χ3n) is 7.25. The van der Waals surface area contributed by atoms with Gasteiger partial charge in [-0.15, -0.1) is 11.8 Å². The quantitative estimate of drug-likeness (QED) is 0.483. The second kappa shape index (κ2) is 10.3. The number of anilines is 1. The first kappa shape index (κ1) is 26.1. The summed E-state index contributed by atoms with van der Waals surface area (Å²) in [6.07, 6.45) is 0.969. The molecule has 2 aliphatic rings. The predicted octanol–water partition coefficient (Wildman–Crippen LogP) is 5.32. The third kappa shape index (κ3) is 4.97. The Morgan fingerprint density at radius 1 is 1.21 bits per heavy atom. The largest absolute Gasteiger partial charge is 0.419 e. The van der Waals surface area contributed by atoms with Crippen molar-refractivity contribution in [3.05, 3.63) is 58.9 Å². The first-order valence-corrected chi connectivity index (χ1v) is 13.5. The normalized spacial score (nSPS) is 18.5. The van der Waals surface area contributed by atoms with E-state index in [-0.39, 0.29) is 39.2 Å². The fourth-order valence-corrected chi connectivity index (χ4v) is 6.63. The second-order valence-corrected chi connectivity index (χ2v) is 11.0. The number of nitrogens with one attached hydrogen (secondary N) is 1. The first-order chi connectivity index (χ1) is 18.2. The van der Waals surface area contributed by atoms with Gasteiger partial charge >= 0.3 is 6.18 Å². The van der Waals surface area contributed by atoms with E-state index in [1.807, 2.05) is 11.0 Å². The number of carbonyl (C=O) groups is 2. The van der Waals surface area contributed by atoms with E-state index in [9.17, 15) is 22.8 Å². The molecule has 0 radical (unpaired) electrons. The first-order valence-electron chi connectivity index (χ1n) is 12.4. The fraction of sp³-hybridized carbons (Fsp3) is 0.407. The van der Waals surface area contributed by atoms with Crippen molar-refractivity contribution in [2.45, 2.75) is 43.0 Å². The summed E-state index contributed by atoms with van der Waals surface area (Å²) >= 11 is 1.68. The molecule has 2 aliphatic heterocycles. The highest BCUT2D eigenvalue weighted by Gasteiger charge is 2.40. The average Bonchev–Trinajstić information content (AvgIpc) is 3.56. The highest BCUT2D eigenvalue weighted by Crippen LogP contribution is 2.44. The van der Waals surface area contributed by atoms with Crippen LogP contribution in [0.3, 0.4) is 0 Å². The van der Waals surface area contributed by atoms with Crippen LogP contribution >= 0.6 is 11.8 Å². The molecule has 1 atom stereocenters. The number of piperidine rings is 1. The lowest BCUT2D eigenvalue weighted by Gasteiger charge is -2.33. The van der Waals surface area contributed by atoms with Crippen LogP contribution in [-0.4, -0.2) is 50.4 Å². The molecule has 7 nitrogen and oxygen atoms in total. The number of thioether (sulfide) groups is 1. The predicted molar refractivity (Wildman–Crippen MR) is 139 cm³/mol. The van der Waals surface area contributed by atoms with Crippen molar-refractivity contribution in [2.24, 2.45) is 7.05 Å². The number of carbonyl (C=O) groups excluding carboxylic acids is 2. The van der Waals surface area contributed by atoms with Crippen LogP contribution in [0, 0.1) is 11.3 Å². The molecule has 1 unspecified atom stereocenters. The summed E-state index contributed by atoms with van der Waals surface area (Å²) in [6.45, 7) is 0.995. The molecule has 2 fully saturated rings. The molecule has 4 heterocycles. The Morgan fingerprint density at radius 3 is 2.63 bits per heavy atom. The summed E-state index contributed by atoms with van der Waals surface area (Å²) in [5.41, 5.74) is -0.378. The topological polar surface area (TPSA) is 91.0 Å². The van der Waals surface area contributed by atoms with Crippen LogP contribution in [0.2, 0.25) is 0 Å². The maximum Gasteiger partial charge on any atom is 0.419 e. The molecule has 1 aromatic carbocycles. The SMILES string of the molecule is Cn1cc(C2CCN(C(=O)C3CCCS3)CC2)c2c(C(F)(F)F)c(NC(=O)c3cccc(C#N)c3)cnc21. The van der Waals surface area contributed by atoms with Gasteiger partial charge in [0.2, 0.25) is 5.91 Å². The van der Waals surface area contributed by atoms with Gasteiger partial charge in [-0.1, -0.05) is 6.07 Å². The minimum atomic E-state index is -4.76. The number of hydrogen-bond acceptors (Lipinski definition) is 5. The van der Waals surface area contributed by atoms with Gasteiger partial charge in [0.05, 0.1) is 34.3 Å². The number of hydrogen-bond donors (Lipinski definition) is 1. The van der Waals surface area contributed by atoms with Crippen molar-refractivity contribution in [1.82, 2.24) is 14.5 Å². The van der Waals surface area contributed by atoms with E-state index in [2.05, 4.69) is 10.3 Å². The average molecular weight is 542 g/mol. The zero-order valence-corrected chi connectivity index (χ0v) is 21.5. The lowest BCUT2D eigenvalue weighted by molar-refractivity contribution is -0.135. The number of likely N-dealkylation sites (tertiary alicyclic amines) is 1. The smallest absolute Gasteiger partial charge is 0.342 e. The third-order valence-corrected chi connectivity index (χ3v) is 8.62. The second-order valence-electron chi connectivity index (χ2n) is 9.69. The molecule has 0 aliphatic carbocycles. The van der Waals surface area contributed by atoms with Gasteiger partial charge in [0, 0.05) is 37.3 Å². The van der Waals surface area contributed by atoms with E-state index < -0.39 is 23.3 Å².